The van der Waals surface area contributed by atoms with Crippen LogP contribution in [0.15, 0.2) is 47.5 Å². The predicted octanol–water partition coefficient (Wildman–Crippen LogP) is 4.22. The zero-order chi connectivity index (χ0) is 23.6. The number of aromatic nitrogens is 1. The lowest BCUT2D eigenvalue weighted by Gasteiger charge is -2.30. The van der Waals surface area contributed by atoms with Crippen LogP contribution in [0.25, 0.3) is 0 Å². The van der Waals surface area contributed by atoms with Gasteiger partial charge in [0.05, 0.1) is 19.9 Å². The van der Waals surface area contributed by atoms with Crippen molar-refractivity contribution in [3.8, 4) is 0 Å². The minimum atomic E-state index is -4.29. The number of morpholine rings is 1. The minimum Gasteiger partial charge on any atom is -0.378 e. The molecule has 2 aliphatic heterocycles. The molecular weight excluding hydrogens is 453 g/mol. The molecule has 0 aliphatic carbocycles. The highest BCUT2D eigenvalue weighted by Crippen LogP contribution is 2.38. The number of anilines is 1. The Hall–Kier alpha value is -2.30. The molecule has 0 N–H and O–H groups in total. The van der Waals surface area contributed by atoms with E-state index in [0.717, 1.165) is 17.8 Å². The molecule has 2 saturated heterocycles. The van der Waals surface area contributed by atoms with Gasteiger partial charge in [-0.25, -0.2) is 0 Å². The van der Waals surface area contributed by atoms with E-state index in [1.807, 2.05) is 12.1 Å². The number of pyridine rings is 1. The Morgan fingerprint density at radius 2 is 1.85 bits per heavy atom. The summed E-state index contributed by atoms with van der Waals surface area (Å²) in [6.45, 7) is 8.51. The number of hydrogen-bond donors (Lipinski definition) is 0. The molecule has 0 radical (unpaired) electrons. The monoisotopic (exact) mass is 480 g/mol. The number of rotatable bonds is 5. The summed E-state index contributed by atoms with van der Waals surface area (Å²) in [6.07, 6.45) is 1.67. The van der Waals surface area contributed by atoms with Crippen molar-refractivity contribution in [2.45, 2.75) is 36.3 Å². The highest BCUT2D eigenvalue weighted by molar-refractivity contribution is 8.00. The van der Waals surface area contributed by atoms with Crippen molar-refractivity contribution in [2.75, 3.05) is 44.4 Å². The standard InChI is InChI=1S/C23H27F3N4O2S/c1-22(2)15-29(18-3-5-19(6-4-18)33-23(24,25)26)16-30(22)14-17-7-8-27-20(13-17)21(31)28-9-11-32-12-10-28/h3-8,13H,9-12,14-16H2,1-2H3. The maximum Gasteiger partial charge on any atom is 0.446 e. The number of alkyl halides is 3. The largest absolute Gasteiger partial charge is 0.446 e. The first-order valence-corrected chi connectivity index (χ1v) is 11.6. The molecule has 0 bridgehead atoms. The first kappa shape index (κ1) is 23.8. The van der Waals surface area contributed by atoms with Crippen molar-refractivity contribution in [3.63, 3.8) is 0 Å². The Morgan fingerprint density at radius 1 is 1.15 bits per heavy atom. The number of ether oxygens (including phenoxy) is 1. The summed E-state index contributed by atoms with van der Waals surface area (Å²) >= 11 is -0.105. The Bertz CT molecular complexity index is 978. The van der Waals surface area contributed by atoms with Crippen LogP contribution in [-0.2, 0) is 11.3 Å². The van der Waals surface area contributed by atoms with Gasteiger partial charge in [0.2, 0.25) is 0 Å². The summed E-state index contributed by atoms with van der Waals surface area (Å²) in [7, 11) is 0. The predicted molar refractivity (Wildman–Crippen MR) is 121 cm³/mol. The Balaban J connectivity index is 1.43. The molecule has 0 saturated carbocycles. The molecule has 0 atom stereocenters. The summed E-state index contributed by atoms with van der Waals surface area (Å²) in [5.74, 6) is -0.0840. The van der Waals surface area contributed by atoms with Gasteiger partial charge in [-0.15, -0.1) is 0 Å². The first-order valence-electron chi connectivity index (χ1n) is 10.8. The highest BCUT2D eigenvalue weighted by Gasteiger charge is 2.37. The first-order chi connectivity index (χ1) is 15.6. The molecule has 2 aromatic rings. The third-order valence-electron chi connectivity index (χ3n) is 5.93. The van der Waals surface area contributed by atoms with Crippen LogP contribution in [0.3, 0.4) is 0 Å². The third-order valence-corrected chi connectivity index (χ3v) is 6.67. The number of halogens is 3. The third kappa shape index (κ3) is 5.99. The van der Waals surface area contributed by atoms with Gasteiger partial charge in [-0.2, -0.15) is 13.2 Å². The number of amides is 1. The zero-order valence-electron chi connectivity index (χ0n) is 18.6. The Kier molecular flexibility index (Phi) is 6.88. The molecule has 178 valence electrons. The van der Waals surface area contributed by atoms with Crippen LogP contribution in [0.1, 0.15) is 29.9 Å². The van der Waals surface area contributed by atoms with E-state index in [1.165, 1.54) is 12.1 Å². The van der Waals surface area contributed by atoms with Crippen LogP contribution < -0.4 is 4.90 Å². The van der Waals surface area contributed by atoms with Gasteiger partial charge in [-0.05, 0) is 67.6 Å². The van der Waals surface area contributed by atoms with Crippen LogP contribution in [0, 0.1) is 0 Å². The minimum absolute atomic E-state index is 0.0840. The number of nitrogens with zero attached hydrogens (tertiary/aromatic N) is 4. The van der Waals surface area contributed by atoms with Gasteiger partial charge in [-0.3, -0.25) is 14.7 Å². The van der Waals surface area contributed by atoms with Crippen LogP contribution in [0.5, 0.6) is 0 Å². The van der Waals surface area contributed by atoms with Crippen LogP contribution in [0.2, 0.25) is 0 Å². The maximum absolute atomic E-state index is 12.8. The fraction of sp³-hybridized carbons (Fsp3) is 0.478. The van der Waals surface area contributed by atoms with Gasteiger partial charge in [-0.1, -0.05) is 0 Å². The van der Waals surface area contributed by atoms with E-state index in [2.05, 4.69) is 28.6 Å². The number of carbonyl (C=O) groups is 1. The second-order valence-corrected chi connectivity index (χ2v) is 9.98. The SMILES string of the molecule is CC1(C)CN(c2ccc(SC(F)(F)F)cc2)CN1Cc1ccnc(C(=O)N2CCOCC2)c1. The topological polar surface area (TPSA) is 48.9 Å². The summed E-state index contributed by atoms with van der Waals surface area (Å²) in [5.41, 5.74) is -2.14. The van der Waals surface area contributed by atoms with Gasteiger partial charge in [0.1, 0.15) is 5.69 Å². The average molecular weight is 481 g/mol. The van der Waals surface area contributed by atoms with Crippen molar-refractivity contribution < 1.29 is 22.7 Å². The number of carbonyl (C=O) groups excluding carboxylic acids is 1. The Labute approximate surface area is 195 Å². The molecular formula is C23H27F3N4O2S. The molecule has 6 nitrogen and oxygen atoms in total. The molecule has 0 spiro atoms. The van der Waals surface area contributed by atoms with Crippen molar-refractivity contribution >= 4 is 23.4 Å². The lowest BCUT2D eigenvalue weighted by Crippen LogP contribution is -2.41. The van der Waals surface area contributed by atoms with Crippen LogP contribution >= 0.6 is 11.8 Å². The lowest BCUT2D eigenvalue weighted by atomic mass is 10.0. The van der Waals surface area contributed by atoms with Crippen molar-refractivity contribution in [2.24, 2.45) is 0 Å². The average Bonchev–Trinajstić information content (AvgIpc) is 3.07. The maximum atomic E-state index is 12.8. The van der Waals surface area contributed by atoms with E-state index >= 15 is 0 Å². The van der Waals surface area contributed by atoms with Gasteiger partial charge < -0.3 is 14.5 Å². The lowest BCUT2D eigenvalue weighted by molar-refractivity contribution is -0.0328. The fourth-order valence-electron chi connectivity index (χ4n) is 4.15. The highest BCUT2D eigenvalue weighted by atomic mass is 32.2. The molecule has 3 heterocycles. The second-order valence-electron chi connectivity index (χ2n) is 8.85. The fourth-order valence-corrected chi connectivity index (χ4v) is 4.69. The molecule has 1 amide bonds. The molecule has 1 aromatic heterocycles. The second kappa shape index (κ2) is 9.52. The Morgan fingerprint density at radius 3 is 2.52 bits per heavy atom. The van der Waals surface area contributed by atoms with Gasteiger partial charge in [0, 0.05) is 48.5 Å². The smallest absolute Gasteiger partial charge is 0.378 e. The number of thioether (sulfide) groups is 1. The summed E-state index contributed by atoms with van der Waals surface area (Å²) < 4.78 is 43.1. The van der Waals surface area contributed by atoms with E-state index < -0.39 is 5.51 Å². The van der Waals surface area contributed by atoms with E-state index in [0.29, 0.717) is 45.2 Å². The molecule has 0 unspecified atom stereocenters. The van der Waals surface area contributed by atoms with Crippen molar-refractivity contribution in [1.29, 1.82) is 0 Å². The van der Waals surface area contributed by atoms with Crippen LogP contribution in [0.4, 0.5) is 18.9 Å². The normalized spacial score (nSPS) is 19.2. The van der Waals surface area contributed by atoms with E-state index in [9.17, 15) is 18.0 Å². The van der Waals surface area contributed by atoms with E-state index in [4.69, 9.17) is 4.74 Å². The molecule has 1 aromatic carbocycles. The molecule has 4 rings (SSSR count). The summed E-state index contributed by atoms with van der Waals surface area (Å²) in [5, 5.41) is 0. The van der Waals surface area contributed by atoms with Gasteiger partial charge in [0.25, 0.3) is 5.91 Å². The van der Waals surface area contributed by atoms with Crippen molar-refractivity contribution in [3.05, 3.63) is 53.9 Å². The van der Waals surface area contributed by atoms with E-state index in [1.54, 1.807) is 23.2 Å². The molecule has 2 aliphatic rings. The summed E-state index contributed by atoms with van der Waals surface area (Å²) in [4.78, 5) is 23.4. The van der Waals surface area contributed by atoms with Crippen LogP contribution in [-0.4, -0.2) is 71.3 Å². The number of hydrogen-bond acceptors (Lipinski definition) is 6. The summed E-state index contributed by atoms with van der Waals surface area (Å²) in [6, 6.07) is 10.3. The van der Waals surface area contributed by atoms with Crippen molar-refractivity contribution in [1.82, 2.24) is 14.8 Å². The zero-order valence-corrected chi connectivity index (χ0v) is 19.5. The van der Waals surface area contributed by atoms with E-state index in [-0.39, 0.29) is 28.1 Å². The molecule has 33 heavy (non-hydrogen) atoms. The van der Waals surface area contributed by atoms with Gasteiger partial charge in [0.15, 0.2) is 0 Å². The van der Waals surface area contributed by atoms with Gasteiger partial charge >= 0.3 is 5.51 Å². The molecule has 10 heteroatoms. The quantitative estimate of drug-likeness (QED) is 0.598. The molecule has 2 fully saturated rings. The number of benzene rings is 1.